The molecule has 2 rings (SSSR count). The molecule has 1 aromatic carbocycles. The van der Waals surface area contributed by atoms with E-state index in [0.29, 0.717) is 18.5 Å². The molecular weight excluding hydrogens is 267 g/mol. The molecule has 1 atom stereocenters. The Morgan fingerprint density at radius 2 is 2.11 bits per heavy atom. The van der Waals surface area contributed by atoms with Crippen molar-refractivity contribution in [3.8, 4) is 0 Å². The highest BCUT2D eigenvalue weighted by atomic mass is 35.5. The number of anilines is 1. The number of fused-ring (bicyclic) bond motifs is 1. The van der Waals surface area contributed by atoms with Crippen LogP contribution in [0.2, 0.25) is 0 Å². The first-order chi connectivity index (χ1) is 8.30. The number of carbonyl (C=O) groups excluding carboxylic acids is 1. The maximum Gasteiger partial charge on any atom is 0.416 e. The van der Waals surface area contributed by atoms with Gasteiger partial charge in [-0.15, -0.1) is 11.6 Å². The van der Waals surface area contributed by atoms with E-state index in [9.17, 15) is 18.0 Å². The van der Waals surface area contributed by atoms with Gasteiger partial charge >= 0.3 is 6.18 Å². The van der Waals surface area contributed by atoms with E-state index in [1.807, 2.05) is 0 Å². The van der Waals surface area contributed by atoms with Gasteiger partial charge in [0.05, 0.1) is 10.9 Å². The van der Waals surface area contributed by atoms with Crippen molar-refractivity contribution in [2.45, 2.75) is 24.9 Å². The predicted octanol–water partition coefficient (Wildman–Crippen LogP) is 3.74. The molecule has 0 spiro atoms. The minimum Gasteiger partial charge on any atom is -0.312 e. The van der Waals surface area contributed by atoms with Crippen LogP contribution in [-0.4, -0.2) is 12.5 Å². The molecule has 1 amide bonds. The molecule has 1 unspecified atom stereocenters. The van der Waals surface area contributed by atoms with Crippen molar-refractivity contribution in [1.82, 2.24) is 0 Å². The summed E-state index contributed by atoms with van der Waals surface area (Å²) in [4.78, 5) is 12.8. The van der Waals surface area contributed by atoms with Gasteiger partial charge in [0.15, 0.2) is 0 Å². The molecule has 0 radical (unpaired) electrons. The fraction of sp³-hybridized carbons (Fsp3) is 0.417. The Labute approximate surface area is 107 Å². The normalized spacial score (nSPS) is 19.6. The molecule has 0 fully saturated rings. The lowest BCUT2D eigenvalue weighted by molar-refractivity contribution is -0.137. The summed E-state index contributed by atoms with van der Waals surface area (Å²) in [6, 6.07) is 3.34. The predicted molar refractivity (Wildman–Crippen MR) is 62.7 cm³/mol. The van der Waals surface area contributed by atoms with Crippen molar-refractivity contribution in [3.63, 3.8) is 0 Å². The first-order valence-corrected chi connectivity index (χ1v) is 5.87. The van der Waals surface area contributed by atoms with E-state index in [1.54, 1.807) is 0 Å². The van der Waals surface area contributed by atoms with Crippen LogP contribution in [0.4, 0.5) is 18.9 Å². The highest BCUT2D eigenvalue weighted by molar-refractivity contribution is 6.21. The minimum atomic E-state index is -4.42. The van der Waals surface area contributed by atoms with Gasteiger partial charge < -0.3 is 4.90 Å². The molecule has 2 nitrogen and oxygen atoms in total. The number of rotatable bonds is 0. The zero-order valence-corrected chi connectivity index (χ0v) is 10.3. The summed E-state index contributed by atoms with van der Waals surface area (Å²) in [5, 5.41) is -0.349. The second-order valence-electron chi connectivity index (χ2n) is 4.20. The number of hydrogen-bond acceptors (Lipinski definition) is 1. The van der Waals surface area contributed by atoms with Crippen molar-refractivity contribution in [2.24, 2.45) is 0 Å². The van der Waals surface area contributed by atoms with Crippen LogP contribution in [-0.2, 0) is 11.0 Å². The van der Waals surface area contributed by atoms with Crippen molar-refractivity contribution in [2.75, 3.05) is 11.4 Å². The van der Waals surface area contributed by atoms with E-state index < -0.39 is 11.7 Å². The SMILES string of the molecule is CC(=O)N1CCC(Cl)c2ccc(C(F)(F)F)cc21. The van der Waals surface area contributed by atoms with Gasteiger partial charge in [0.2, 0.25) is 5.91 Å². The average molecular weight is 278 g/mol. The minimum absolute atomic E-state index is 0.267. The summed E-state index contributed by atoms with van der Waals surface area (Å²) in [6.45, 7) is 1.68. The topological polar surface area (TPSA) is 20.3 Å². The molecule has 0 bridgehead atoms. The summed E-state index contributed by atoms with van der Waals surface area (Å²) in [6.07, 6.45) is -3.88. The molecule has 0 aromatic heterocycles. The Hall–Kier alpha value is -1.23. The molecule has 18 heavy (non-hydrogen) atoms. The van der Waals surface area contributed by atoms with Gasteiger partial charge in [-0.2, -0.15) is 13.2 Å². The summed E-state index contributed by atoms with van der Waals surface area (Å²) in [5.41, 5.74) is 0.0768. The van der Waals surface area contributed by atoms with Crippen LogP contribution in [0.3, 0.4) is 0 Å². The monoisotopic (exact) mass is 277 g/mol. The van der Waals surface area contributed by atoms with Crippen LogP contribution >= 0.6 is 11.6 Å². The third kappa shape index (κ3) is 2.32. The van der Waals surface area contributed by atoms with E-state index in [2.05, 4.69) is 0 Å². The second kappa shape index (κ2) is 4.46. The molecule has 98 valence electrons. The van der Waals surface area contributed by atoms with E-state index in [-0.39, 0.29) is 17.0 Å². The van der Waals surface area contributed by atoms with Gasteiger partial charge in [-0.3, -0.25) is 4.79 Å². The fourth-order valence-corrected chi connectivity index (χ4v) is 2.35. The van der Waals surface area contributed by atoms with Crippen LogP contribution in [0.25, 0.3) is 0 Å². The summed E-state index contributed by atoms with van der Waals surface area (Å²) >= 11 is 6.06. The molecule has 1 aliphatic rings. The maximum absolute atomic E-state index is 12.6. The van der Waals surface area contributed by atoms with Crippen LogP contribution in [0, 0.1) is 0 Å². The number of halogens is 4. The largest absolute Gasteiger partial charge is 0.416 e. The Morgan fingerprint density at radius 3 is 2.67 bits per heavy atom. The van der Waals surface area contributed by atoms with E-state index in [1.165, 1.54) is 17.9 Å². The second-order valence-corrected chi connectivity index (χ2v) is 4.73. The number of alkyl halides is 4. The molecule has 0 saturated heterocycles. The molecule has 1 aliphatic heterocycles. The lowest BCUT2D eigenvalue weighted by atomic mass is 9.99. The average Bonchev–Trinajstić information content (AvgIpc) is 2.27. The summed E-state index contributed by atoms with van der Waals surface area (Å²) < 4.78 is 37.9. The summed E-state index contributed by atoms with van der Waals surface area (Å²) in [7, 11) is 0. The molecule has 6 heteroatoms. The fourth-order valence-electron chi connectivity index (χ4n) is 2.06. The molecule has 0 N–H and O–H groups in total. The van der Waals surface area contributed by atoms with Crippen LogP contribution in [0.5, 0.6) is 0 Å². The number of nitrogens with zero attached hydrogens (tertiary/aromatic N) is 1. The third-order valence-electron chi connectivity index (χ3n) is 2.97. The highest BCUT2D eigenvalue weighted by Gasteiger charge is 2.34. The molecule has 0 saturated carbocycles. The van der Waals surface area contributed by atoms with Gasteiger partial charge in [0.25, 0.3) is 0 Å². The summed E-state index contributed by atoms with van der Waals surface area (Å²) in [5.74, 6) is -0.279. The lowest BCUT2D eigenvalue weighted by Crippen LogP contribution is -2.34. The smallest absolute Gasteiger partial charge is 0.312 e. The van der Waals surface area contributed by atoms with Crippen LogP contribution < -0.4 is 4.90 Å². The van der Waals surface area contributed by atoms with Gasteiger partial charge in [-0.05, 0) is 24.1 Å². The standard InChI is InChI=1S/C12H11ClF3NO/c1-7(18)17-5-4-10(13)9-3-2-8(6-11(9)17)12(14,15)16/h2-3,6,10H,4-5H2,1H3. The zero-order chi connectivity index (χ0) is 13.5. The quantitative estimate of drug-likeness (QED) is 0.662. The molecule has 1 aromatic rings. The number of carbonyl (C=O) groups is 1. The Balaban J connectivity index is 2.53. The van der Waals surface area contributed by atoms with Crippen molar-refractivity contribution in [1.29, 1.82) is 0 Å². The van der Waals surface area contributed by atoms with E-state index >= 15 is 0 Å². The Morgan fingerprint density at radius 1 is 1.44 bits per heavy atom. The molecular formula is C12H11ClF3NO. The van der Waals surface area contributed by atoms with Crippen LogP contribution in [0.15, 0.2) is 18.2 Å². The third-order valence-corrected chi connectivity index (χ3v) is 3.43. The Bertz CT molecular complexity index is 487. The van der Waals surface area contributed by atoms with Gasteiger partial charge in [0.1, 0.15) is 0 Å². The van der Waals surface area contributed by atoms with Crippen LogP contribution in [0.1, 0.15) is 29.8 Å². The van der Waals surface area contributed by atoms with Crippen molar-refractivity contribution >= 4 is 23.2 Å². The highest BCUT2D eigenvalue weighted by Crippen LogP contribution is 2.41. The number of hydrogen-bond donors (Lipinski definition) is 0. The van der Waals surface area contributed by atoms with E-state index in [4.69, 9.17) is 11.6 Å². The van der Waals surface area contributed by atoms with Crippen molar-refractivity contribution < 1.29 is 18.0 Å². The Kier molecular flexibility index (Phi) is 3.27. The van der Waals surface area contributed by atoms with Gasteiger partial charge in [-0.25, -0.2) is 0 Å². The number of benzene rings is 1. The van der Waals surface area contributed by atoms with Gasteiger partial charge in [-0.1, -0.05) is 6.07 Å². The van der Waals surface area contributed by atoms with E-state index in [0.717, 1.165) is 12.1 Å². The number of amides is 1. The first-order valence-electron chi connectivity index (χ1n) is 5.44. The first kappa shape index (κ1) is 13.2. The molecule has 1 heterocycles. The lowest BCUT2D eigenvalue weighted by Gasteiger charge is -2.31. The zero-order valence-electron chi connectivity index (χ0n) is 9.59. The molecule has 0 aliphatic carbocycles. The van der Waals surface area contributed by atoms with Gasteiger partial charge in [0, 0.05) is 19.2 Å². The van der Waals surface area contributed by atoms with Crippen molar-refractivity contribution in [3.05, 3.63) is 29.3 Å². The maximum atomic E-state index is 12.6.